The van der Waals surface area contributed by atoms with Gasteiger partial charge in [0, 0.05) is 5.57 Å². The predicted molar refractivity (Wildman–Crippen MR) is 132 cm³/mol. The zero-order valence-electron chi connectivity index (χ0n) is 19.6. The number of ether oxygens (including phenoxy) is 1. The normalized spacial score (nSPS) is 14.0. The van der Waals surface area contributed by atoms with E-state index in [0.717, 1.165) is 46.8 Å². The molecule has 7 nitrogen and oxygen atoms in total. The number of allylic oxidation sites excluding steroid dienone is 6. The molecule has 2 aromatic heterocycles. The number of imidazole rings is 1. The van der Waals surface area contributed by atoms with E-state index in [1.807, 2.05) is 30.5 Å². The Balaban J connectivity index is 1.51. The maximum Gasteiger partial charge on any atom is 0.312 e. The molecule has 0 radical (unpaired) electrons. The SMILES string of the molecule is CCC1=C(c2ncc(-c3ccccc3)[nH]2)C=CC(c2cnc(OCC(C)(C)C(=O)O)cn2)=CC1. The molecule has 2 heterocycles. The van der Waals surface area contributed by atoms with Gasteiger partial charge in [0.25, 0.3) is 0 Å². The van der Waals surface area contributed by atoms with Crippen molar-refractivity contribution in [3.05, 3.63) is 84.2 Å². The fraction of sp³-hybridized carbons (Fsp3) is 0.259. The van der Waals surface area contributed by atoms with Crippen molar-refractivity contribution in [3.8, 4) is 17.1 Å². The van der Waals surface area contributed by atoms with Crippen molar-refractivity contribution in [2.75, 3.05) is 6.61 Å². The third kappa shape index (κ3) is 5.14. The summed E-state index contributed by atoms with van der Waals surface area (Å²) in [7, 11) is 0. The molecule has 0 saturated carbocycles. The van der Waals surface area contributed by atoms with Gasteiger partial charge in [-0.1, -0.05) is 61.1 Å². The number of benzene rings is 1. The van der Waals surface area contributed by atoms with Crippen LogP contribution in [0.25, 0.3) is 22.4 Å². The summed E-state index contributed by atoms with van der Waals surface area (Å²) in [5.41, 5.74) is 5.13. The lowest BCUT2D eigenvalue weighted by Crippen LogP contribution is -2.30. The second kappa shape index (κ2) is 9.87. The van der Waals surface area contributed by atoms with E-state index in [1.54, 1.807) is 20.0 Å². The van der Waals surface area contributed by atoms with E-state index >= 15 is 0 Å². The third-order valence-electron chi connectivity index (χ3n) is 5.81. The summed E-state index contributed by atoms with van der Waals surface area (Å²) in [6, 6.07) is 10.1. The number of carboxylic acid groups (broad SMARTS) is 1. The summed E-state index contributed by atoms with van der Waals surface area (Å²) >= 11 is 0. The van der Waals surface area contributed by atoms with Gasteiger partial charge >= 0.3 is 5.97 Å². The molecule has 34 heavy (non-hydrogen) atoms. The molecule has 3 aromatic rings. The summed E-state index contributed by atoms with van der Waals surface area (Å²) in [4.78, 5) is 28.2. The van der Waals surface area contributed by atoms with Gasteiger partial charge in [-0.25, -0.2) is 15.0 Å². The van der Waals surface area contributed by atoms with Crippen molar-refractivity contribution in [1.82, 2.24) is 19.9 Å². The van der Waals surface area contributed by atoms with Gasteiger partial charge in [-0.15, -0.1) is 0 Å². The highest BCUT2D eigenvalue weighted by molar-refractivity contribution is 5.83. The van der Waals surface area contributed by atoms with Crippen molar-refractivity contribution in [2.24, 2.45) is 5.41 Å². The molecule has 0 saturated heterocycles. The molecule has 1 aliphatic carbocycles. The maximum atomic E-state index is 11.2. The topological polar surface area (TPSA) is 101 Å². The lowest BCUT2D eigenvalue weighted by atomic mass is 9.95. The largest absolute Gasteiger partial charge is 0.481 e. The summed E-state index contributed by atoms with van der Waals surface area (Å²) in [5.74, 6) is 0.221. The van der Waals surface area contributed by atoms with E-state index in [0.29, 0.717) is 5.88 Å². The van der Waals surface area contributed by atoms with Gasteiger partial charge in [0.05, 0.1) is 35.4 Å². The van der Waals surface area contributed by atoms with Gasteiger partial charge in [-0.3, -0.25) is 4.79 Å². The molecule has 0 spiro atoms. The first kappa shape index (κ1) is 23.2. The Kier molecular flexibility index (Phi) is 6.72. The van der Waals surface area contributed by atoms with Gasteiger partial charge in [0.2, 0.25) is 5.88 Å². The number of carbonyl (C=O) groups is 1. The van der Waals surface area contributed by atoms with Crippen LogP contribution < -0.4 is 4.74 Å². The lowest BCUT2D eigenvalue weighted by molar-refractivity contribution is -0.148. The van der Waals surface area contributed by atoms with Crippen molar-refractivity contribution in [3.63, 3.8) is 0 Å². The minimum absolute atomic E-state index is 0.0141. The summed E-state index contributed by atoms with van der Waals surface area (Å²) in [6.07, 6.45) is 13.0. The quantitative estimate of drug-likeness (QED) is 0.460. The Morgan fingerprint density at radius 1 is 1.09 bits per heavy atom. The van der Waals surface area contributed by atoms with Crippen molar-refractivity contribution in [2.45, 2.75) is 33.6 Å². The number of aromatic nitrogens is 4. The van der Waals surface area contributed by atoms with Crippen LogP contribution in [0.1, 0.15) is 45.1 Å². The Bertz CT molecular complexity index is 1250. The summed E-state index contributed by atoms with van der Waals surface area (Å²) in [5, 5.41) is 9.22. The maximum absolute atomic E-state index is 11.2. The smallest absolute Gasteiger partial charge is 0.312 e. The minimum Gasteiger partial charge on any atom is -0.481 e. The van der Waals surface area contributed by atoms with Crippen LogP contribution in [-0.2, 0) is 4.79 Å². The summed E-state index contributed by atoms with van der Waals surface area (Å²) in [6.45, 7) is 5.37. The molecular weight excluding hydrogens is 428 g/mol. The zero-order chi connectivity index (χ0) is 24.1. The number of hydrogen-bond donors (Lipinski definition) is 2. The molecule has 0 bridgehead atoms. The zero-order valence-corrected chi connectivity index (χ0v) is 19.6. The van der Waals surface area contributed by atoms with Crippen molar-refractivity contribution >= 4 is 17.1 Å². The Labute approximate surface area is 199 Å². The molecule has 0 atom stereocenters. The number of aromatic amines is 1. The van der Waals surface area contributed by atoms with Gasteiger partial charge in [0.15, 0.2) is 0 Å². The van der Waals surface area contributed by atoms with Crippen LogP contribution in [0.2, 0.25) is 0 Å². The Hall–Kier alpha value is -4.00. The molecule has 2 N–H and O–H groups in total. The van der Waals surface area contributed by atoms with Crippen molar-refractivity contribution in [1.29, 1.82) is 0 Å². The van der Waals surface area contributed by atoms with Crippen LogP contribution in [0.5, 0.6) is 5.88 Å². The number of carboxylic acids is 1. The van der Waals surface area contributed by atoms with Crippen LogP contribution in [0.3, 0.4) is 0 Å². The summed E-state index contributed by atoms with van der Waals surface area (Å²) < 4.78 is 5.53. The second-order valence-electron chi connectivity index (χ2n) is 8.80. The molecule has 7 heteroatoms. The molecule has 174 valence electrons. The van der Waals surface area contributed by atoms with Crippen LogP contribution in [-0.4, -0.2) is 37.6 Å². The van der Waals surface area contributed by atoms with Gasteiger partial charge in [-0.2, -0.15) is 0 Å². The highest BCUT2D eigenvalue weighted by Crippen LogP contribution is 2.30. The first-order valence-electron chi connectivity index (χ1n) is 11.3. The van der Waals surface area contributed by atoms with Gasteiger partial charge in [-0.05, 0) is 37.8 Å². The van der Waals surface area contributed by atoms with Gasteiger partial charge in [0.1, 0.15) is 12.4 Å². The Morgan fingerprint density at radius 2 is 1.88 bits per heavy atom. The average molecular weight is 457 g/mol. The van der Waals surface area contributed by atoms with Gasteiger partial charge < -0.3 is 14.8 Å². The van der Waals surface area contributed by atoms with Crippen LogP contribution in [0.15, 0.2) is 72.7 Å². The predicted octanol–water partition coefficient (Wildman–Crippen LogP) is 5.56. The van der Waals surface area contributed by atoms with E-state index in [9.17, 15) is 9.90 Å². The monoisotopic (exact) mass is 456 g/mol. The molecule has 4 rings (SSSR count). The van der Waals surface area contributed by atoms with E-state index in [4.69, 9.17) is 4.74 Å². The lowest BCUT2D eigenvalue weighted by Gasteiger charge is -2.18. The van der Waals surface area contributed by atoms with Crippen LogP contribution in [0.4, 0.5) is 0 Å². The number of hydrogen-bond acceptors (Lipinski definition) is 5. The highest BCUT2D eigenvalue weighted by Gasteiger charge is 2.28. The molecule has 0 aliphatic heterocycles. The molecular formula is C27H28N4O3. The number of nitrogens with zero attached hydrogens (tertiary/aromatic N) is 3. The van der Waals surface area contributed by atoms with Crippen molar-refractivity contribution < 1.29 is 14.6 Å². The fourth-order valence-corrected chi connectivity index (χ4v) is 3.55. The number of rotatable bonds is 8. The van der Waals surface area contributed by atoms with E-state index < -0.39 is 11.4 Å². The molecule has 1 aliphatic rings. The van der Waals surface area contributed by atoms with Crippen LogP contribution >= 0.6 is 0 Å². The first-order valence-corrected chi connectivity index (χ1v) is 11.3. The van der Waals surface area contributed by atoms with Crippen LogP contribution in [0, 0.1) is 5.41 Å². The molecule has 0 unspecified atom stereocenters. The second-order valence-corrected chi connectivity index (χ2v) is 8.80. The fourth-order valence-electron chi connectivity index (χ4n) is 3.55. The molecule has 0 fully saturated rings. The number of aliphatic carboxylic acids is 1. The van der Waals surface area contributed by atoms with E-state index in [-0.39, 0.29) is 6.61 Å². The number of nitrogens with one attached hydrogen (secondary N) is 1. The standard InChI is InChI=1S/C27H28N4O3/c1-4-18-10-11-20(22-14-29-24(16-28-22)34-17-27(2,3)26(32)33)12-13-21(18)25-30-15-23(31-25)19-8-6-5-7-9-19/h5-9,11-16H,4,10,17H2,1-3H3,(H,30,31)(H,32,33). The third-order valence-corrected chi connectivity index (χ3v) is 5.81. The molecule has 1 aromatic carbocycles. The average Bonchev–Trinajstić information content (AvgIpc) is 3.24. The minimum atomic E-state index is -1.00. The molecule has 0 amide bonds. The Morgan fingerprint density at radius 3 is 2.56 bits per heavy atom. The first-order chi connectivity index (χ1) is 16.4. The van der Waals surface area contributed by atoms with E-state index in [1.165, 1.54) is 11.8 Å². The highest BCUT2D eigenvalue weighted by atomic mass is 16.5. The number of H-pyrrole nitrogens is 1. The van der Waals surface area contributed by atoms with E-state index in [2.05, 4.69) is 51.1 Å².